The third-order valence-electron chi connectivity index (χ3n) is 5.31. The van der Waals surface area contributed by atoms with E-state index in [1.807, 2.05) is 56.7 Å². The number of hydrogen-bond acceptors (Lipinski definition) is 5. The lowest BCUT2D eigenvalue weighted by molar-refractivity contribution is 0.0722. The van der Waals surface area contributed by atoms with Crippen LogP contribution in [0.15, 0.2) is 62.6 Å². The van der Waals surface area contributed by atoms with Crippen LogP contribution in [-0.4, -0.2) is 49.1 Å². The Morgan fingerprint density at radius 2 is 1.79 bits per heavy atom. The lowest BCUT2D eigenvalue weighted by atomic mass is 9.98. The molecule has 1 aliphatic heterocycles. The molecule has 0 radical (unpaired) electrons. The van der Waals surface area contributed by atoms with Gasteiger partial charge in [0.1, 0.15) is 5.58 Å². The molecule has 0 unspecified atom stereocenters. The van der Waals surface area contributed by atoms with Gasteiger partial charge < -0.3 is 14.2 Å². The second kappa shape index (κ2) is 8.05. The summed E-state index contributed by atoms with van der Waals surface area (Å²) in [5.41, 5.74) is 1.72. The molecule has 5 nitrogen and oxygen atoms in total. The predicted molar refractivity (Wildman–Crippen MR) is 117 cm³/mol. The van der Waals surface area contributed by atoms with Gasteiger partial charge in [-0.15, -0.1) is 11.8 Å². The minimum absolute atomic E-state index is 0.121. The Hall–Kier alpha value is -2.57. The molecule has 2 heterocycles. The quantitative estimate of drug-likeness (QED) is 0.577. The molecule has 6 heteroatoms. The summed E-state index contributed by atoms with van der Waals surface area (Å²) in [5.74, 6) is -0.0296. The van der Waals surface area contributed by atoms with Crippen LogP contribution in [0.1, 0.15) is 34.1 Å². The number of fused-ring (bicyclic) bond motifs is 2. The second-order valence-corrected chi connectivity index (χ2v) is 8.38. The Kier molecular flexibility index (Phi) is 5.48. The van der Waals surface area contributed by atoms with E-state index in [9.17, 15) is 9.59 Å². The van der Waals surface area contributed by atoms with Crippen molar-refractivity contribution in [2.45, 2.75) is 17.4 Å². The van der Waals surface area contributed by atoms with Crippen molar-refractivity contribution in [1.29, 1.82) is 0 Å². The molecule has 1 aliphatic rings. The van der Waals surface area contributed by atoms with Crippen molar-refractivity contribution in [1.82, 2.24) is 9.80 Å². The maximum absolute atomic E-state index is 13.3. The van der Waals surface area contributed by atoms with E-state index >= 15 is 0 Å². The van der Waals surface area contributed by atoms with Crippen LogP contribution < -0.4 is 5.43 Å². The molecule has 0 fully saturated rings. The molecule has 0 N–H and O–H groups in total. The van der Waals surface area contributed by atoms with Gasteiger partial charge in [0.05, 0.1) is 17.0 Å². The van der Waals surface area contributed by atoms with Gasteiger partial charge in [-0.2, -0.15) is 0 Å². The molecule has 0 bridgehead atoms. The molecule has 150 valence electrons. The van der Waals surface area contributed by atoms with E-state index in [1.165, 1.54) is 0 Å². The summed E-state index contributed by atoms with van der Waals surface area (Å²) in [6.45, 7) is 1.42. The number of para-hydroxylation sites is 1. The van der Waals surface area contributed by atoms with Gasteiger partial charge in [-0.25, -0.2) is 0 Å². The summed E-state index contributed by atoms with van der Waals surface area (Å²) in [7, 11) is 4.02. The van der Waals surface area contributed by atoms with E-state index in [0.29, 0.717) is 23.1 Å². The number of thioether (sulfide) groups is 1. The molecule has 1 aromatic heterocycles. The highest BCUT2D eigenvalue weighted by Gasteiger charge is 2.42. The molecule has 1 atom stereocenters. The van der Waals surface area contributed by atoms with Crippen LogP contribution in [0.25, 0.3) is 11.0 Å². The molecule has 0 aliphatic carbocycles. The van der Waals surface area contributed by atoms with Crippen molar-refractivity contribution < 1.29 is 9.21 Å². The highest BCUT2D eigenvalue weighted by atomic mass is 32.2. The monoisotopic (exact) mass is 408 g/mol. The van der Waals surface area contributed by atoms with Crippen LogP contribution in [0.4, 0.5) is 0 Å². The Morgan fingerprint density at radius 1 is 1.07 bits per heavy atom. The number of carbonyl (C=O) groups excluding carboxylic acids is 1. The minimum atomic E-state index is -0.420. The smallest absolute Gasteiger partial charge is 0.290 e. The Labute approximate surface area is 174 Å². The van der Waals surface area contributed by atoms with Gasteiger partial charge in [0.25, 0.3) is 5.91 Å². The molecule has 29 heavy (non-hydrogen) atoms. The van der Waals surface area contributed by atoms with E-state index in [-0.39, 0.29) is 17.1 Å². The van der Waals surface area contributed by atoms with E-state index in [1.54, 1.807) is 28.8 Å². The first kappa shape index (κ1) is 19.7. The third kappa shape index (κ3) is 3.58. The van der Waals surface area contributed by atoms with Crippen LogP contribution in [0, 0.1) is 0 Å². The first-order valence-corrected chi connectivity index (χ1v) is 10.9. The van der Waals surface area contributed by atoms with Crippen molar-refractivity contribution >= 4 is 28.6 Å². The molecule has 4 rings (SSSR count). The van der Waals surface area contributed by atoms with Gasteiger partial charge >= 0.3 is 0 Å². The molecule has 0 saturated carbocycles. The van der Waals surface area contributed by atoms with Crippen molar-refractivity contribution in [3.63, 3.8) is 0 Å². The summed E-state index contributed by atoms with van der Waals surface area (Å²) in [5, 5.41) is 0.514. The molecule has 3 aromatic rings. The lowest BCUT2D eigenvalue weighted by Crippen LogP contribution is -2.32. The molecular weight excluding hydrogens is 384 g/mol. The SMILES string of the molecule is CSc1ccc([C@H]2c3c(oc4ccccc4c3=O)C(=O)N2CCCN(C)C)cc1. The number of hydrogen-bond donors (Lipinski definition) is 0. The fraction of sp³-hybridized carbons (Fsp3) is 0.304. The van der Waals surface area contributed by atoms with Gasteiger partial charge in [-0.1, -0.05) is 24.3 Å². The zero-order chi connectivity index (χ0) is 20.5. The normalized spacial score (nSPS) is 16.1. The molecular formula is C23H24N2O3S. The first-order chi connectivity index (χ1) is 14.0. The van der Waals surface area contributed by atoms with Crippen LogP contribution in [-0.2, 0) is 0 Å². The average Bonchev–Trinajstić information content (AvgIpc) is 3.00. The van der Waals surface area contributed by atoms with E-state index in [2.05, 4.69) is 4.90 Å². The number of amides is 1. The zero-order valence-electron chi connectivity index (χ0n) is 16.8. The zero-order valence-corrected chi connectivity index (χ0v) is 17.7. The maximum Gasteiger partial charge on any atom is 0.290 e. The van der Waals surface area contributed by atoms with Gasteiger partial charge in [-0.05, 0) is 63.1 Å². The molecule has 0 spiro atoms. The summed E-state index contributed by atoms with van der Waals surface area (Å²) < 4.78 is 5.95. The first-order valence-electron chi connectivity index (χ1n) is 9.66. The maximum atomic E-state index is 13.3. The fourth-order valence-electron chi connectivity index (χ4n) is 3.89. The lowest BCUT2D eigenvalue weighted by Gasteiger charge is -2.26. The third-order valence-corrected chi connectivity index (χ3v) is 6.05. The van der Waals surface area contributed by atoms with Crippen LogP contribution >= 0.6 is 11.8 Å². The van der Waals surface area contributed by atoms with E-state index < -0.39 is 6.04 Å². The van der Waals surface area contributed by atoms with Crippen LogP contribution in [0.5, 0.6) is 0 Å². The topological polar surface area (TPSA) is 53.8 Å². The highest BCUT2D eigenvalue weighted by molar-refractivity contribution is 7.98. The van der Waals surface area contributed by atoms with Gasteiger partial charge in [0.2, 0.25) is 5.76 Å². The van der Waals surface area contributed by atoms with Crippen molar-refractivity contribution in [3.05, 3.63) is 75.6 Å². The number of nitrogens with zero attached hydrogens (tertiary/aromatic N) is 2. The van der Waals surface area contributed by atoms with Crippen molar-refractivity contribution in [2.24, 2.45) is 0 Å². The summed E-state index contributed by atoms with van der Waals surface area (Å²) >= 11 is 1.66. The van der Waals surface area contributed by atoms with Crippen LogP contribution in [0.2, 0.25) is 0 Å². The fourth-order valence-corrected chi connectivity index (χ4v) is 4.30. The number of rotatable bonds is 6. The van der Waals surface area contributed by atoms with E-state index in [4.69, 9.17) is 4.42 Å². The predicted octanol–water partition coefficient (Wildman–Crippen LogP) is 4.01. The summed E-state index contributed by atoms with van der Waals surface area (Å²) in [6.07, 6.45) is 2.84. The Bertz CT molecular complexity index is 1110. The summed E-state index contributed by atoms with van der Waals surface area (Å²) in [4.78, 5) is 31.6. The highest BCUT2D eigenvalue weighted by Crippen LogP contribution is 2.38. The van der Waals surface area contributed by atoms with Gasteiger partial charge in [0, 0.05) is 11.4 Å². The van der Waals surface area contributed by atoms with Crippen molar-refractivity contribution in [3.8, 4) is 0 Å². The number of benzene rings is 2. The molecule has 0 saturated heterocycles. The largest absolute Gasteiger partial charge is 0.450 e. The van der Waals surface area contributed by atoms with Gasteiger partial charge in [0.15, 0.2) is 5.43 Å². The standard InChI is InChI=1S/C23H24N2O3S/c1-24(2)13-6-14-25-20(15-9-11-16(29-3)12-10-15)19-21(26)17-7-4-5-8-18(17)28-22(19)23(25)27/h4-5,7-12,20H,6,13-14H2,1-3H3/t20-/m0/s1. The Morgan fingerprint density at radius 3 is 2.48 bits per heavy atom. The van der Waals surface area contributed by atoms with E-state index in [0.717, 1.165) is 23.4 Å². The minimum Gasteiger partial charge on any atom is -0.450 e. The second-order valence-electron chi connectivity index (χ2n) is 7.50. The summed E-state index contributed by atoms with van der Waals surface area (Å²) in [6, 6.07) is 14.8. The molecule has 2 aromatic carbocycles. The number of carbonyl (C=O) groups is 1. The van der Waals surface area contributed by atoms with Gasteiger partial charge in [-0.3, -0.25) is 9.59 Å². The average molecular weight is 409 g/mol. The Balaban J connectivity index is 1.85. The van der Waals surface area contributed by atoms with Crippen molar-refractivity contribution in [2.75, 3.05) is 33.4 Å². The molecule has 1 amide bonds. The van der Waals surface area contributed by atoms with Crippen LogP contribution in [0.3, 0.4) is 0 Å².